The second-order valence-corrected chi connectivity index (χ2v) is 6.96. The van der Waals surface area contributed by atoms with Gasteiger partial charge in [-0.1, -0.05) is 26.0 Å². The average molecular weight is 257 g/mol. The number of benzene rings is 1. The largest absolute Gasteiger partial charge is 0.331 e. The molecule has 0 saturated heterocycles. The minimum absolute atomic E-state index is 0.0847. The van der Waals surface area contributed by atoms with Crippen LogP contribution in [0.25, 0.3) is 11.0 Å². The van der Waals surface area contributed by atoms with Crippen LogP contribution >= 0.6 is 0 Å². The van der Waals surface area contributed by atoms with Crippen molar-refractivity contribution in [1.29, 1.82) is 0 Å². The van der Waals surface area contributed by atoms with E-state index >= 15 is 0 Å². The zero-order valence-electron chi connectivity index (χ0n) is 12.1. The van der Waals surface area contributed by atoms with Crippen molar-refractivity contribution in [1.82, 2.24) is 9.55 Å². The van der Waals surface area contributed by atoms with Crippen molar-refractivity contribution in [3.8, 4) is 0 Å². The van der Waals surface area contributed by atoms with Gasteiger partial charge in [0.05, 0.1) is 11.0 Å². The highest BCUT2D eigenvalue weighted by Gasteiger charge is 2.41. The number of imidazole rings is 1. The van der Waals surface area contributed by atoms with Crippen LogP contribution in [-0.2, 0) is 13.5 Å². The zero-order valence-corrected chi connectivity index (χ0v) is 12.1. The lowest BCUT2D eigenvalue weighted by Crippen LogP contribution is -2.40. The molecule has 1 unspecified atom stereocenters. The fraction of sp³-hybridized carbons (Fsp3) is 0.562. The van der Waals surface area contributed by atoms with Crippen LogP contribution in [0.1, 0.15) is 38.9 Å². The van der Waals surface area contributed by atoms with Gasteiger partial charge < -0.3 is 10.3 Å². The second kappa shape index (κ2) is 4.07. The molecule has 1 aromatic carbocycles. The van der Waals surface area contributed by atoms with E-state index in [1.807, 2.05) is 6.07 Å². The van der Waals surface area contributed by atoms with Gasteiger partial charge in [0, 0.05) is 19.0 Å². The molecule has 0 radical (unpaired) electrons. The number of nitrogens with two attached hydrogens (primary N) is 1. The monoisotopic (exact) mass is 257 g/mol. The normalized spacial score (nSPS) is 26.1. The SMILES string of the molecule is Cn1c(CC2(N)CCC(C)(C)C2)nc2ccccc21. The summed E-state index contributed by atoms with van der Waals surface area (Å²) in [4.78, 5) is 4.75. The van der Waals surface area contributed by atoms with E-state index in [-0.39, 0.29) is 5.54 Å². The van der Waals surface area contributed by atoms with Crippen molar-refractivity contribution in [2.45, 2.75) is 45.1 Å². The van der Waals surface area contributed by atoms with E-state index in [2.05, 4.69) is 43.7 Å². The first-order valence-electron chi connectivity index (χ1n) is 7.08. The van der Waals surface area contributed by atoms with Crippen molar-refractivity contribution in [3.63, 3.8) is 0 Å². The van der Waals surface area contributed by atoms with E-state index in [0.29, 0.717) is 5.41 Å². The molecule has 102 valence electrons. The quantitative estimate of drug-likeness (QED) is 0.898. The highest BCUT2D eigenvalue weighted by molar-refractivity contribution is 5.75. The van der Waals surface area contributed by atoms with Crippen molar-refractivity contribution >= 4 is 11.0 Å². The molecule has 1 aromatic heterocycles. The Labute approximate surface area is 114 Å². The van der Waals surface area contributed by atoms with Crippen molar-refractivity contribution < 1.29 is 0 Å². The molecule has 2 aromatic rings. The van der Waals surface area contributed by atoms with Crippen molar-refractivity contribution in [3.05, 3.63) is 30.1 Å². The van der Waals surface area contributed by atoms with Gasteiger partial charge >= 0.3 is 0 Å². The first-order valence-corrected chi connectivity index (χ1v) is 7.08. The van der Waals surface area contributed by atoms with Gasteiger partial charge in [-0.15, -0.1) is 0 Å². The molecule has 1 atom stereocenters. The maximum atomic E-state index is 6.60. The summed E-state index contributed by atoms with van der Waals surface area (Å²) in [7, 11) is 2.09. The van der Waals surface area contributed by atoms with E-state index in [1.54, 1.807) is 0 Å². The number of aryl methyl sites for hydroxylation is 1. The summed E-state index contributed by atoms with van der Waals surface area (Å²) in [6.07, 6.45) is 4.28. The van der Waals surface area contributed by atoms with Crippen LogP contribution in [0.2, 0.25) is 0 Å². The van der Waals surface area contributed by atoms with Gasteiger partial charge in [-0.05, 0) is 36.8 Å². The molecule has 3 nitrogen and oxygen atoms in total. The molecule has 0 amide bonds. The van der Waals surface area contributed by atoms with Crippen molar-refractivity contribution in [2.75, 3.05) is 0 Å². The third kappa shape index (κ3) is 2.27. The fourth-order valence-electron chi connectivity index (χ4n) is 3.54. The predicted octanol–water partition coefficient (Wildman–Crippen LogP) is 3.02. The van der Waals surface area contributed by atoms with E-state index in [1.165, 1.54) is 11.9 Å². The molecule has 1 fully saturated rings. The molecule has 0 aliphatic heterocycles. The van der Waals surface area contributed by atoms with Crippen LogP contribution in [0.4, 0.5) is 0 Å². The Balaban J connectivity index is 1.92. The van der Waals surface area contributed by atoms with Crippen LogP contribution in [0.5, 0.6) is 0 Å². The average Bonchev–Trinajstić information content (AvgIpc) is 2.78. The Bertz CT molecular complexity index is 611. The Hall–Kier alpha value is -1.35. The first kappa shape index (κ1) is 12.7. The molecular formula is C16H23N3. The Kier molecular flexibility index (Phi) is 2.72. The van der Waals surface area contributed by atoms with Gasteiger partial charge in [-0.2, -0.15) is 0 Å². The fourth-order valence-corrected chi connectivity index (χ4v) is 3.54. The molecule has 1 aliphatic carbocycles. The highest BCUT2D eigenvalue weighted by atomic mass is 15.1. The third-order valence-corrected chi connectivity index (χ3v) is 4.52. The maximum Gasteiger partial charge on any atom is 0.111 e. The Morgan fingerprint density at radius 1 is 1.26 bits per heavy atom. The summed E-state index contributed by atoms with van der Waals surface area (Å²) >= 11 is 0. The number of aromatic nitrogens is 2. The van der Waals surface area contributed by atoms with E-state index in [0.717, 1.165) is 30.6 Å². The molecule has 1 saturated carbocycles. The number of hydrogen-bond donors (Lipinski definition) is 1. The molecule has 3 heteroatoms. The molecule has 19 heavy (non-hydrogen) atoms. The molecule has 1 heterocycles. The minimum atomic E-state index is -0.0847. The van der Waals surface area contributed by atoms with Gasteiger partial charge in [0.2, 0.25) is 0 Å². The highest BCUT2D eigenvalue weighted by Crippen LogP contribution is 2.43. The second-order valence-electron chi connectivity index (χ2n) is 6.96. The van der Waals surface area contributed by atoms with Crippen LogP contribution in [0.3, 0.4) is 0 Å². The lowest BCUT2D eigenvalue weighted by molar-refractivity contribution is 0.330. The smallest absolute Gasteiger partial charge is 0.111 e. The van der Waals surface area contributed by atoms with Gasteiger partial charge in [0.1, 0.15) is 5.82 Å². The van der Waals surface area contributed by atoms with Crippen LogP contribution in [0, 0.1) is 5.41 Å². The van der Waals surface area contributed by atoms with Gasteiger partial charge in [0.25, 0.3) is 0 Å². The van der Waals surface area contributed by atoms with E-state index < -0.39 is 0 Å². The van der Waals surface area contributed by atoms with Gasteiger partial charge in [-0.3, -0.25) is 0 Å². The maximum absolute atomic E-state index is 6.60. The molecule has 2 N–H and O–H groups in total. The number of rotatable bonds is 2. The van der Waals surface area contributed by atoms with Crippen LogP contribution in [0.15, 0.2) is 24.3 Å². The van der Waals surface area contributed by atoms with E-state index in [9.17, 15) is 0 Å². The molecule has 0 bridgehead atoms. The standard InChI is InChI=1S/C16H23N3/c1-15(2)8-9-16(17,11-15)10-14-18-12-6-4-5-7-13(12)19(14)3/h4-7H,8-11,17H2,1-3H3. The summed E-state index contributed by atoms with van der Waals surface area (Å²) in [5.41, 5.74) is 9.16. The van der Waals surface area contributed by atoms with Gasteiger partial charge in [0.15, 0.2) is 0 Å². The zero-order chi connectivity index (χ0) is 13.7. The molecule has 0 spiro atoms. The van der Waals surface area contributed by atoms with E-state index in [4.69, 9.17) is 10.7 Å². The van der Waals surface area contributed by atoms with Crippen LogP contribution in [-0.4, -0.2) is 15.1 Å². The topological polar surface area (TPSA) is 43.8 Å². The number of nitrogens with zero attached hydrogens (tertiary/aromatic N) is 2. The summed E-state index contributed by atoms with van der Waals surface area (Å²) in [6, 6.07) is 8.29. The summed E-state index contributed by atoms with van der Waals surface area (Å²) in [5.74, 6) is 1.11. The van der Waals surface area contributed by atoms with Crippen LogP contribution < -0.4 is 5.73 Å². The number of para-hydroxylation sites is 2. The predicted molar refractivity (Wildman–Crippen MR) is 79.0 cm³/mol. The third-order valence-electron chi connectivity index (χ3n) is 4.52. The number of fused-ring (bicyclic) bond motifs is 1. The number of hydrogen-bond acceptors (Lipinski definition) is 2. The Morgan fingerprint density at radius 2 is 2.00 bits per heavy atom. The van der Waals surface area contributed by atoms with Gasteiger partial charge in [-0.25, -0.2) is 4.98 Å². The van der Waals surface area contributed by atoms with Crippen molar-refractivity contribution in [2.24, 2.45) is 18.2 Å². The Morgan fingerprint density at radius 3 is 2.63 bits per heavy atom. The minimum Gasteiger partial charge on any atom is -0.331 e. The lowest BCUT2D eigenvalue weighted by atomic mass is 9.86. The summed E-state index contributed by atoms with van der Waals surface area (Å²) in [5, 5.41) is 0. The first-order chi connectivity index (χ1) is 8.89. The molecule has 1 aliphatic rings. The molecular weight excluding hydrogens is 234 g/mol. The molecule has 3 rings (SSSR count). The summed E-state index contributed by atoms with van der Waals surface area (Å²) in [6.45, 7) is 4.63. The lowest BCUT2D eigenvalue weighted by Gasteiger charge is -2.26. The summed E-state index contributed by atoms with van der Waals surface area (Å²) < 4.78 is 2.19.